The summed E-state index contributed by atoms with van der Waals surface area (Å²) in [6, 6.07) is 11.9. The monoisotopic (exact) mass is 434 g/mol. The highest BCUT2D eigenvalue weighted by atomic mass is 35.5. The van der Waals surface area contributed by atoms with Crippen LogP contribution < -0.4 is 10.6 Å². The summed E-state index contributed by atoms with van der Waals surface area (Å²) in [7, 11) is -3.12. The Kier molecular flexibility index (Phi) is 6.92. The lowest BCUT2D eigenvalue weighted by Crippen LogP contribution is -2.22. The fraction of sp³-hybridized carbons (Fsp3) is 0.478. The van der Waals surface area contributed by atoms with Crippen LogP contribution in [0.25, 0.3) is 0 Å². The highest BCUT2D eigenvalue weighted by molar-refractivity contribution is 7.90. The number of nitrogens with one attached hydrogen (secondary N) is 2. The minimum Gasteiger partial charge on any atom is -0.380 e. The van der Waals surface area contributed by atoms with Gasteiger partial charge in [0.2, 0.25) is 0 Å². The summed E-state index contributed by atoms with van der Waals surface area (Å²) in [6.45, 7) is 8.45. The van der Waals surface area contributed by atoms with Crippen molar-refractivity contribution in [1.82, 2.24) is 5.32 Å². The fourth-order valence-electron chi connectivity index (χ4n) is 3.84. The molecule has 0 unspecified atom stereocenters. The molecule has 2 N–H and O–H groups in total. The molecule has 0 saturated heterocycles. The van der Waals surface area contributed by atoms with Crippen LogP contribution in [0.15, 0.2) is 36.4 Å². The number of sulfone groups is 1. The summed E-state index contributed by atoms with van der Waals surface area (Å²) < 4.78 is 24.8. The van der Waals surface area contributed by atoms with Gasteiger partial charge in [-0.25, -0.2) is 8.42 Å². The first-order chi connectivity index (χ1) is 13.6. The molecule has 0 atom stereocenters. The highest BCUT2D eigenvalue weighted by Gasteiger charge is 2.22. The van der Waals surface area contributed by atoms with Crippen molar-refractivity contribution in [2.24, 2.45) is 5.41 Å². The van der Waals surface area contributed by atoms with Crippen LogP contribution in [0.2, 0.25) is 5.02 Å². The van der Waals surface area contributed by atoms with Crippen molar-refractivity contribution in [3.63, 3.8) is 0 Å². The second-order valence-electron chi connectivity index (χ2n) is 9.07. The molecule has 0 amide bonds. The van der Waals surface area contributed by atoms with Crippen molar-refractivity contribution in [2.75, 3.05) is 24.2 Å². The summed E-state index contributed by atoms with van der Waals surface area (Å²) in [5.41, 5.74) is 5.36. The normalized spacial score (nSPS) is 14.9. The van der Waals surface area contributed by atoms with E-state index in [0.29, 0.717) is 6.54 Å². The molecule has 0 fully saturated rings. The van der Waals surface area contributed by atoms with E-state index >= 15 is 0 Å². The lowest BCUT2D eigenvalue weighted by molar-refractivity contribution is 0.461. The van der Waals surface area contributed by atoms with Gasteiger partial charge in [-0.1, -0.05) is 62.7 Å². The number of fused-ring (bicyclic) bond motifs is 1. The Morgan fingerprint density at radius 1 is 1.00 bits per heavy atom. The largest absolute Gasteiger partial charge is 0.380 e. The van der Waals surface area contributed by atoms with Crippen molar-refractivity contribution in [3.05, 3.63) is 63.7 Å². The Labute approximate surface area is 180 Å². The van der Waals surface area contributed by atoms with E-state index in [1.165, 1.54) is 11.1 Å². The van der Waals surface area contributed by atoms with Crippen molar-refractivity contribution in [2.45, 2.75) is 45.9 Å². The van der Waals surface area contributed by atoms with Crippen LogP contribution in [-0.2, 0) is 35.0 Å². The molecule has 2 aromatic carbocycles. The zero-order valence-corrected chi connectivity index (χ0v) is 19.1. The van der Waals surface area contributed by atoms with Crippen LogP contribution in [0, 0.1) is 5.41 Å². The SMILES string of the molecule is CC(C)(C)CS(=O)(=O)Cc1ccc(CNc2c(Cl)ccc3c2CCNCC3)cc1. The minimum atomic E-state index is -3.12. The van der Waals surface area contributed by atoms with Crippen LogP contribution in [-0.4, -0.2) is 27.3 Å². The van der Waals surface area contributed by atoms with Gasteiger partial charge in [0.15, 0.2) is 9.84 Å². The maximum absolute atomic E-state index is 12.4. The van der Waals surface area contributed by atoms with Crippen molar-refractivity contribution in [3.8, 4) is 0 Å². The molecule has 0 saturated carbocycles. The van der Waals surface area contributed by atoms with E-state index in [2.05, 4.69) is 16.7 Å². The number of benzene rings is 2. The van der Waals surface area contributed by atoms with Gasteiger partial charge in [-0.3, -0.25) is 0 Å². The summed E-state index contributed by atoms with van der Waals surface area (Å²) in [4.78, 5) is 0. The standard InChI is InChI=1S/C23H31ClN2O2S/c1-23(2,3)16-29(27,28)15-18-6-4-17(5-7-18)14-26-22-20-11-13-25-12-10-19(20)8-9-21(22)24/h4-9,25-26H,10-16H2,1-3H3. The van der Waals surface area contributed by atoms with Gasteiger partial charge in [0.25, 0.3) is 0 Å². The van der Waals surface area contributed by atoms with Crippen LogP contribution >= 0.6 is 11.6 Å². The average molecular weight is 435 g/mol. The molecule has 0 aliphatic carbocycles. The molecule has 1 aliphatic heterocycles. The van der Waals surface area contributed by atoms with Crippen LogP contribution in [0.3, 0.4) is 0 Å². The van der Waals surface area contributed by atoms with E-state index in [-0.39, 0.29) is 16.9 Å². The number of hydrogen-bond donors (Lipinski definition) is 2. The summed E-state index contributed by atoms with van der Waals surface area (Å²) in [6.07, 6.45) is 1.97. The summed E-state index contributed by atoms with van der Waals surface area (Å²) in [5.74, 6) is 0.277. The second-order valence-corrected chi connectivity index (χ2v) is 11.5. The van der Waals surface area contributed by atoms with Crippen LogP contribution in [0.5, 0.6) is 0 Å². The maximum atomic E-state index is 12.4. The molecule has 3 rings (SSSR count). The Morgan fingerprint density at radius 2 is 1.66 bits per heavy atom. The predicted octanol–water partition coefficient (Wildman–Crippen LogP) is 4.60. The third kappa shape index (κ3) is 6.46. The topological polar surface area (TPSA) is 58.2 Å². The van der Waals surface area contributed by atoms with Gasteiger partial charge in [-0.05, 0) is 59.7 Å². The molecule has 0 bridgehead atoms. The molecule has 0 spiro atoms. The smallest absolute Gasteiger partial charge is 0.154 e. The molecule has 29 heavy (non-hydrogen) atoms. The first kappa shape index (κ1) is 22.1. The first-order valence-electron chi connectivity index (χ1n) is 10.2. The lowest BCUT2D eigenvalue weighted by Gasteiger charge is -2.18. The molecule has 4 nitrogen and oxygen atoms in total. The van der Waals surface area contributed by atoms with Gasteiger partial charge in [0.1, 0.15) is 0 Å². The van der Waals surface area contributed by atoms with Gasteiger partial charge < -0.3 is 10.6 Å². The van der Waals surface area contributed by atoms with Crippen molar-refractivity contribution < 1.29 is 8.42 Å². The van der Waals surface area contributed by atoms with Gasteiger partial charge in [0, 0.05) is 6.54 Å². The first-order valence-corrected chi connectivity index (χ1v) is 12.4. The molecule has 2 aromatic rings. The molecule has 0 aromatic heterocycles. The Bertz CT molecular complexity index is 948. The lowest BCUT2D eigenvalue weighted by atomic mass is 10.0. The molecular formula is C23H31ClN2O2S. The van der Waals surface area contributed by atoms with E-state index < -0.39 is 9.84 Å². The number of anilines is 1. The quantitative estimate of drug-likeness (QED) is 0.697. The minimum absolute atomic E-state index is 0.0863. The van der Waals surface area contributed by atoms with E-state index in [1.54, 1.807) is 0 Å². The molecule has 0 radical (unpaired) electrons. The Hall–Kier alpha value is -1.56. The Morgan fingerprint density at radius 3 is 2.34 bits per heavy atom. The van der Waals surface area contributed by atoms with Gasteiger partial charge in [-0.15, -0.1) is 0 Å². The zero-order valence-electron chi connectivity index (χ0n) is 17.5. The number of hydrogen-bond acceptors (Lipinski definition) is 4. The van der Waals surface area contributed by atoms with Crippen LogP contribution in [0.4, 0.5) is 5.69 Å². The van der Waals surface area contributed by atoms with E-state index in [1.807, 2.05) is 51.1 Å². The number of rotatable bonds is 6. The molecule has 1 aliphatic rings. The summed E-state index contributed by atoms with van der Waals surface area (Å²) >= 11 is 6.48. The van der Waals surface area contributed by atoms with Gasteiger partial charge in [-0.2, -0.15) is 0 Å². The molecular weight excluding hydrogens is 404 g/mol. The third-order valence-corrected chi connectivity index (χ3v) is 7.41. The Balaban J connectivity index is 1.67. The van der Waals surface area contributed by atoms with E-state index in [0.717, 1.165) is 47.8 Å². The highest BCUT2D eigenvalue weighted by Crippen LogP contribution is 2.31. The van der Waals surface area contributed by atoms with Crippen molar-refractivity contribution >= 4 is 27.1 Å². The maximum Gasteiger partial charge on any atom is 0.154 e. The summed E-state index contributed by atoms with van der Waals surface area (Å²) in [5, 5.41) is 7.69. The molecule has 1 heterocycles. The van der Waals surface area contributed by atoms with Crippen LogP contribution in [0.1, 0.15) is 43.0 Å². The zero-order chi connectivity index (χ0) is 21.1. The number of halogens is 1. The average Bonchev–Trinajstić information content (AvgIpc) is 2.85. The van der Waals surface area contributed by atoms with Gasteiger partial charge >= 0.3 is 0 Å². The molecule has 158 valence electrons. The van der Waals surface area contributed by atoms with E-state index in [9.17, 15) is 8.42 Å². The van der Waals surface area contributed by atoms with E-state index in [4.69, 9.17) is 11.6 Å². The fourth-order valence-corrected chi connectivity index (χ4v) is 6.21. The van der Waals surface area contributed by atoms with Crippen molar-refractivity contribution in [1.29, 1.82) is 0 Å². The third-order valence-electron chi connectivity index (χ3n) is 5.01. The second kappa shape index (κ2) is 9.07. The molecule has 6 heteroatoms. The predicted molar refractivity (Wildman–Crippen MR) is 122 cm³/mol. The van der Waals surface area contributed by atoms with Gasteiger partial charge in [0.05, 0.1) is 22.2 Å².